The highest BCUT2D eigenvalue weighted by Gasteiger charge is 2.43. The van der Waals surface area contributed by atoms with Crippen LogP contribution in [0.5, 0.6) is 5.75 Å². The number of aryl methyl sites for hydroxylation is 2. The van der Waals surface area contributed by atoms with Gasteiger partial charge in [-0.3, -0.25) is 14.5 Å². The molecule has 0 aromatic heterocycles. The van der Waals surface area contributed by atoms with E-state index in [-0.39, 0.29) is 30.6 Å². The van der Waals surface area contributed by atoms with Gasteiger partial charge in [0.05, 0.1) is 31.4 Å². The molecule has 168 valence electrons. The van der Waals surface area contributed by atoms with Gasteiger partial charge in [-0.15, -0.1) is 0 Å². The van der Waals surface area contributed by atoms with Gasteiger partial charge in [0.15, 0.2) is 0 Å². The van der Waals surface area contributed by atoms with Crippen LogP contribution >= 0.6 is 0 Å². The van der Waals surface area contributed by atoms with Crippen LogP contribution < -0.4 is 4.74 Å². The Morgan fingerprint density at radius 3 is 2.19 bits per heavy atom. The molecular weight excluding hydrogens is 404 g/mol. The maximum absolute atomic E-state index is 13.6. The van der Waals surface area contributed by atoms with Gasteiger partial charge in [-0.05, 0) is 62.1 Å². The lowest BCUT2D eigenvalue weighted by Gasteiger charge is -2.37. The van der Waals surface area contributed by atoms with Crippen LogP contribution in [0.15, 0.2) is 48.2 Å². The third-order valence-electron chi connectivity index (χ3n) is 6.17. The zero-order valence-corrected chi connectivity index (χ0v) is 19.3. The van der Waals surface area contributed by atoms with Gasteiger partial charge < -0.3 is 14.4 Å². The minimum Gasteiger partial charge on any atom is -0.497 e. The third kappa shape index (κ3) is 4.15. The first kappa shape index (κ1) is 22.1. The molecule has 2 atom stereocenters. The molecular formula is C26H30N2O4. The predicted octanol–water partition coefficient (Wildman–Crippen LogP) is 3.70. The molecule has 2 amide bonds. The molecule has 1 saturated heterocycles. The number of imide groups is 1. The van der Waals surface area contributed by atoms with Crippen molar-refractivity contribution in [2.24, 2.45) is 0 Å². The summed E-state index contributed by atoms with van der Waals surface area (Å²) in [5.74, 6) is 0.231. The van der Waals surface area contributed by atoms with Crippen LogP contribution in [0.2, 0.25) is 0 Å². The van der Waals surface area contributed by atoms with Crippen LogP contribution in [0.25, 0.3) is 5.57 Å². The van der Waals surface area contributed by atoms with E-state index in [4.69, 9.17) is 9.47 Å². The highest BCUT2D eigenvalue weighted by molar-refractivity contribution is 6.35. The molecule has 6 nitrogen and oxygen atoms in total. The van der Waals surface area contributed by atoms with Crippen molar-refractivity contribution in [3.8, 4) is 5.75 Å². The fourth-order valence-electron chi connectivity index (χ4n) is 4.43. The third-order valence-corrected chi connectivity index (χ3v) is 6.17. The van der Waals surface area contributed by atoms with Crippen molar-refractivity contribution >= 4 is 17.4 Å². The van der Waals surface area contributed by atoms with Crippen molar-refractivity contribution < 1.29 is 19.1 Å². The number of carbonyl (C=O) groups is 2. The molecule has 0 spiro atoms. The summed E-state index contributed by atoms with van der Waals surface area (Å²) in [5, 5.41) is 0. The monoisotopic (exact) mass is 434 g/mol. The largest absolute Gasteiger partial charge is 0.497 e. The van der Waals surface area contributed by atoms with Crippen molar-refractivity contribution in [1.82, 2.24) is 9.80 Å². The summed E-state index contributed by atoms with van der Waals surface area (Å²) in [6.07, 6.45) is -0.0448. The smallest absolute Gasteiger partial charge is 0.278 e. The number of carbonyl (C=O) groups excluding carboxylic acids is 2. The van der Waals surface area contributed by atoms with Crippen molar-refractivity contribution in [2.75, 3.05) is 20.2 Å². The zero-order chi connectivity index (χ0) is 23.0. The summed E-state index contributed by atoms with van der Waals surface area (Å²) in [4.78, 5) is 30.6. The Labute approximate surface area is 189 Å². The Balaban J connectivity index is 1.74. The van der Waals surface area contributed by atoms with Crippen LogP contribution in [-0.4, -0.2) is 54.0 Å². The van der Waals surface area contributed by atoms with Gasteiger partial charge in [-0.1, -0.05) is 30.3 Å². The molecule has 2 aromatic carbocycles. The number of amides is 2. The Bertz CT molecular complexity index is 1060. The fraction of sp³-hybridized carbons (Fsp3) is 0.385. The second-order valence-corrected chi connectivity index (χ2v) is 8.73. The first-order chi connectivity index (χ1) is 15.3. The standard InChI is InChI=1S/C26H30N2O4/c1-16-6-9-21(12-17(16)2)23-24(27-13-18(3)32-19(4)14-27)26(30)28(25(23)29)15-20-7-10-22(31-5)11-8-20/h6-12,18-19H,13-15H2,1-5H3. The average molecular weight is 435 g/mol. The molecule has 0 aliphatic carbocycles. The van der Waals surface area contributed by atoms with Gasteiger partial charge in [0.2, 0.25) is 0 Å². The SMILES string of the molecule is COc1ccc(CN2C(=O)C(c3ccc(C)c(C)c3)=C(N3CC(C)OC(C)C3)C2=O)cc1. The van der Waals surface area contributed by atoms with E-state index >= 15 is 0 Å². The maximum atomic E-state index is 13.6. The first-order valence-electron chi connectivity index (χ1n) is 11.0. The number of benzene rings is 2. The van der Waals surface area contributed by atoms with Crippen LogP contribution in [0, 0.1) is 13.8 Å². The summed E-state index contributed by atoms with van der Waals surface area (Å²) in [6, 6.07) is 13.4. The van der Waals surface area contributed by atoms with Gasteiger partial charge in [0, 0.05) is 13.1 Å². The number of methoxy groups -OCH3 is 1. The van der Waals surface area contributed by atoms with Gasteiger partial charge in [0.25, 0.3) is 11.8 Å². The second kappa shape index (κ2) is 8.79. The molecule has 32 heavy (non-hydrogen) atoms. The van der Waals surface area contributed by atoms with Crippen LogP contribution in [0.3, 0.4) is 0 Å². The predicted molar refractivity (Wildman–Crippen MR) is 123 cm³/mol. The topological polar surface area (TPSA) is 59.1 Å². The van der Waals surface area contributed by atoms with Gasteiger partial charge >= 0.3 is 0 Å². The van der Waals surface area contributed by atoms with E-state index < -0.39 is 0 Å². The molecule has 2 aromatic rings. The fourth-order valence-corrected chi connectivity index (χ4v) is 4.43. The Morgan fingerprint density at radius 1 is 0.938 bits per heavy atom. The first-order valence-corrected chi connectivity index (χ1v) is 11.0. The molecule has 2 aliphatic rings. The quantitative estimate of drug-likeness (QED) is 0.672. The molecule has 4 rings (SSSR count). The van der Waals surface area contributed by atoms with Crippen molar-refractivity contribution in [3.63, 3.8) is 0 Å². The summed E-state index contributed by atoms with van der Waals surface area (Å²) >= 11 is 0. The normalized spacial score (nSPS) is 21.5. The average Bonchev–Trinajstić information content (AvgIpc) is 3.00. The summed E-state index contributed by atoms with van der Waals surface area (Å²) in [5.41, 5.74) is 4.85. The number of ether oxygens (including phenoxy) is 2. The van der Waals surface area contributed by atoms with Gasteiger partial charge in [-0.2, -0.15) is 0 Å². The molecule has 2 aliphatic heterocycles. The molecule has 0 N–H and O–H groups in total. The highest BCUT2D eigenvalue weighted by Crippen LogP contribution is 2.35. The lowest BCUT2D eigenvalue weighted by molar-refractivity contribution is -0.139. The number of hydrogen-bond acceptors (Lipinski definition) is 5. The van der Waals surface area contributed by atoms with E-state index in [2.05, 4.69) is 0 Å². The Hall–Kier alpha value is -3.12. The number of hydrogen-bond donors (Lipinski definition) is 0. The Morgan fingerprint density at radius 2 is 1.59 bits per heavy atom. The molecule has 0 radical (unpaired) electrons. The van der Waals surface area contributed by atoms with Crippen molar-refractivity contribution in [3.05, 3.63) is 70.4 Å². The number of rotatable bonds is 5. The minimum absolute atomic E-state index is 0.0224. The van der Waals surface area contributed by atoms with Crippen LogP contribution in [-0.2, 0) is 20.9 Å². The van der Waals surface area contributed by atoms with E-state index in [0.29, 0.717) is 24.4 Å². The van der Waals surface area contributed by atoms with E-state index in [1.807, 2.05) is 75.1 Å². The van der Waals surface area contributed by atoms with Crippen molar-refractivity contribution in [2.45, 2.75) is 46.4 Å². The number of nitrogens with zero attached hydrogens (tertiary/aromatic N) is 2. The highest BCUT2D eigenvalue weighted by atomic mass is 16.5. The summed E-state index contributed by atoms with van der Waals surface area (Å²) in [7, 11) is 1.61. The number of morpholine rings is 1. The Kier molecular flexibility index (Phi) is 6.07. The van der Waals surface area contributed by atoms with Crippen LogP contribution in [0.1, 0.15) is 36.1 Å². The molecule has 1 fully saturated rings. The van der Waals surface area contributed by atoms with Gasteiger partial charge in [0.1, 0.15) is 11.4 Å². The molecule has 0 saturated carbocycles. The second-order valence-electron chi connectivity index (χ2n) is 8.73. The molecule has 2 unspecified atom stereocenters. The molecule has 2 heterocycles. The van der Waals surface area contributed by atoms with Crippen molar-refractivity contribution in [1.29, 1.82) is 0 Å². The lowest BCUT2D eigenvalue weighted by Crippen LogP contribution is -2.46. The lowest BCUT2D eigenvalue weighted by atomic mass is 9.99. The van der Waals surface area contributed by atoms with Crippen LogP contribution in [0.4, 0.5) is 0 Å². The molecule has 6 heteroatoms. The van der Waals surface area contributed by atoms with E-state index in [1.54, 1.807) is 7.11 Å². The van der Waals surface area contributed by atoms with E-state index in [0.717, 1.165) is 28.0 Å². The summed E-state index contributed by atoms with van der Waals surface area (Å²) < 4.78 is 11.1. The van der Waals surface area contributed by atoms with Gasteiger partial charge in [-0.25, -0.2) is 0 Å². The zero-order valence-electron chi connectivity index (χ0n) is 19.3. The van der Waals surface area contributed by atoms with E-state index in [1.165, 1.54) is 4.90 Å². The summed E-state index contributed by atoms with van der Waals surface area (Å²) in [6.45, 7) is 9.41. The molecule has 0 bridgehead atoms. The van der Waals surface area contributed by atoms with E-state index in [9.17, 15) is 9.59 Å². The minimum atomic E-state index is -0.254. The maximum Gasteiger partial charge on any atom is 0.278 e.